The van der Waals surface area contributed by atoms with Crippen molar-refractivity contribution < 1.29 is 80.2 Å². The Morgan fingerprint density at radius 2 is 0.455 bits per heavy atom. The number of phosphoric acid groups is 2. The van der Waals surface area contributed by atoms with Gasteiger partial charge >= 0.3 is 39.5 Å². The number of carbonyl (C=O) groups excluding carboxylic acids is 4. The predicted molar refractivity (Wildman–Crippen MR) is 465 cm³/mol. The minimum absolute atomic E-state index is 0.108. The minimum Gasteiger partial charge on any atom is -0.462 e. The third-order valence-corrected chi connectivity index (χ3v) is 24.1. The summed E-state index contributed by atoms with van der Waals surface area (Å²) in [6.07, 6.45) is 76.4. The summed E-state index contributed by atoms with van der Waals surface area (Å²) in [7, 11) is -9.94. The zero-order chi connectivity index (χ0) is 82.2. The number of rotatable bonds is 91. The Kier molecular flexibility index (Phi) is 81.3. The van der Waals surface area contributed by atoms with Crippen LogP contribution in [0.3, 0.4) is 0 Å². The second-order valence-electron chi connectivity index (χ2n) is 34.6. The van der Waals surface area contributed by atoms with Crippen LogP contribution in [0.2, 0.25) is 0 Å². The topological polar surface area (TPSA) is 237 Å². The lowest BCUT2D eigenvalue weighted by Gasteiger charge is -2.21. The fraction of sp³-hybridized carbons (Fsp3) is 0.957. The second kappa shape index (κ2) is 82.7. The van der Waals surface area contributed by atoms with E-state index in [-0.39, 0.29) is 25.7 Å². The number of phosphoric ester groups is 2. The molecule has 0 heterocycles. The van der Waals surface area contributed by atoms with Crippen LogP contribution in [0.1, 0.15) is 498 Å². The Labute approximate surface area is 689 Å². The molecular weight excluding hydrogens is 1450 g/mol. The highest BCUT2D eigenvalue weighted by Crippen LogP contribution is 2.45. The Morgan fingerprint density at radius 1 is 0.259 bits per heavy atom. The lowest BCUT2D eigenvalue weighted by molar-refractivity contribution is -0.161. The molecule has 6 atom stereocenters. The minimum atomic E-state index is -4.97. The van der Waals surface area contributed by atoms with Gasteiger partial charge in [-0.15, -0.1) is 0 Å². The molecule has 0 aliphatic rings. The van der Waals surface area contributed by atoms with Crippen LogP contribution < -0.4 is 0 Å². The molecule has 3 unspecified atom stereocenters. The van der Waals surface area contributed by atoms with Gasteiger partial charge in [0.05, 0.1) is 26.4 Å². The van der Waals surface area contributed by atoms with Crippen LogP contribution in [0, 0.1) is 17.8 Å². The molecule has 0 aliphatic heterocycles. The predicted octanol–water partition coefficient (Wildman–Crippen LogP) is 28.8. The van der Waals surface area contributed by atoms with Crippen molar-refractivity contribution in [2.24, 2.45) is 17.8 Å². The first-order valence-electron chi connectivity index (χ1n) is 47.9. The van der Waals surface area contributed by atoms with Gasteiger partial charge in [-0.25, -0.2) is 9.13 Å². The van der Waals surface area contributed by atoms with Crippen molar-refractivity contribution in [1.82, 2.24) is 0 Å². The monoisotopic (exact) mass is 1630 g/mol. The number of ether oxygens (including phenoxy) is 4. The number of hydrogen-bond donors (Lipinski definition) is 3. The summed E-state index contributed by atoms with van der Waals surface area (Å²) in [5.41, 5.74) is 0. The van der Waals surface area contributed by atoms with Gasteiger partial charge in [-0.2, -0.15) is 0 Å². The molecule has 17 nitrogen and oxygen atoms in total. The first kappa shape index (κ1) is 110. The highest BCUT2D eigenvalue weighted by Gasteiger charge is 2.31. The lowest BCUT2D eigenvalue weighted by atomic mass is 9.99. The highest BCUT2D eigenvalue weighted by atomic mass is 31.2. The van der Waals surface area contributed by atoms with Crippen molar-refractivity contribution in [3.05, 3.63) is 0 Å². The van der Waals surface area contributed by atoms with E-state index < -0.39 is 97.5 Å². The van der Waals surface area contributed by atoms with E-state index in [9.17, 15) is 43.2 Å². The fourth-order valence-electron chi connectivity index (χ4n) is 14.6. The molecule has 0 saturated heterocycles. The standard InChI is InChI=1S/C93H182O17P2/c1-8-10-11-12-13-14-15-16-17-22-30-35-40-47-55-62-69-76-93(98)110-89(81-104-91(96)75-68-61-54-49-42-44-51-58-65-72-85(5)6)83-108-112(101,102)106-79-87(94)78-105-111(99,100)107-82-88(80-103-90(95)74-67-60-53-46-39-34-29-25-20-18-23-27-32-37-43-50-57-64-71-84(3)4)109-92(97)77-70-63-56-48-41-36-31-26-21-19-24-28-33-38-45-52-59-66-73-86(7)9-2/h84-89,94H,8-83H2,1-7H3,(H,99,100)(H,101,102)/t86?,87-,88-,89-/m1/s1. The van der Waals surface area contributed by atoms with Gasteiger partial charge < -0.3 is 33.8 Å². The van der Waals surface area contributed by atoms with Gasteiger partial charge in [-0.1, -0.05) is 447 Å². The SMILES string of the molecule is CCCCCCCCCCCCCCCCCCCC(=O)O[C@H](COC(=O)CCCCCCCCCCCC(C)C)COP(=O)(O)OC[C@H](O)COP(=O)(O)OC[C@@H](COC(=O)CCCCCCCCCCCCCCCCCCCCC(C)C)OC(=O)CCCCCCCCCCCCCCCCCCCCC(C)CC. The van der Waals surface area contributed by atoms with E-state index in [0.717, 1.165) is 108 Å². The van der Waals surface area contributed by atoms with Gasteiger partial charge in [0, 0.05) is 25.7 Å². The molecule has 0 radical (unpaired) electrons. The second-order valence-corrected chi connectivity index (χ2v) is 37.5. The van der Waals surface area contributed by atoms with Crippen LogP contribution >= 0.6 is 15.6 Å². The van der Waals surface area contributed by atoms with Crippen LogP contribution in [-0.2, 0) is 65.4 Å². The molecule has 112 heavy (non-hydrogen) atoms. The summed E-state index contributed by atoms with van der Waals surface area (Å²) in [5, 5.41) is 10.7. The summed E-state index contributed by atoms with van der Waals surface area (Å²) in [6, 6.07) is 0. The van der Waals surface area contributed by atoms with Gasteiger partial charge in [0.15, 0.2) is 12.2 Å². The normalized spacial score (nSPS) is 14.0. The zero-order valence-electron chi connectivity index (χ0n) is 74.2. The van der Waals surface area contributed by atoms with Gasteiger partial charge in [-0.3, -0.25) is 37.3 Å². The Hall–Kier alpha value is -1.94. The molecule has 0 aromatic rings. The van der Waals surface area contributed by atoms with Crippen LogP contribution in [0.5, 0.6) is 0 Å². The average Bonchev–Trinajstić information content (AvgIpc) is 0.894. The molecule has 0 fully saturated rings. The summed E-state index contributed by atoms with van der Waals surface area (Å²) in [4.78, 5) is 73.5. The molecule has 0 saturated carbocycles. The average molecular weight is 1630 g/mol. The Bertz CT molecular complexity index is 2150. The Balaban J connectivity index is 5.24. The molecule has 19 heteroatoms. The summed E-state index contributed by atoms with van der Waals surface area (Å²) >= 11 is 0. The number of unbranched alkanes of at least 4 members (excludes halogenated alkanes) is 58. The third-order valence-electron chi connectivity index (χ3n) is 22.2. The summed E-state index contributed by atoms with van der Waals surface area (Å²) < 4.78 is 69.1. The molecule has 3 N–H and O–H groups in total. The van der Waals surface area contributed by atoms with Crippen LogP contribution in [0.25, 0.3) is 0 Å². The number of carbonyl (C=O) groups is 4. The number of aliphatic hydroxyl groups excluding tert-OH is 1. The largest absolute Gasteiger partial charge is 0.472 e. The van der Waals surface area contributed by atoms with Crippen LogP contribution in [-0.4, -0.2) is 96.7 Å². The van der Waals surface area contributed by atoms with E-state index in [0.29, 0.717) is 25.7 Å². The lowest BCUT2D eigenvalue weighted by Crippen LogP contribution is -2.30. The molecule has 0 aromatic carbocycles. The molecule has 0 spiro atoms. The van der Waals surface area contributed by atoms with Gasteiger partial charge in [0.2, 0.25) is 0 Å². The molecule has 0 rings (SSSR count). The van der Waals surface area contributed by atoms with E-state index in [1.54, 1.807) is 0 Å². The summed E-state index contributed by atoms with van der Waals surface area (Å²) in [5.74, 6) is 0.342. The van der Waals surface area contributed by atoms with E-state index in [1.165, 1.54) is 308 Å². The van der Waals surface area contributed by atoms with Crippen molar-refractivity contribution in [2.45, 2.75) is 516 Å². The van der Waals surface area contributed by atoms with E-state index in [2.05, 4.69) is 48.5 Å². The maximum absolute atomic E-state index is 13.2. The Morgan fingerprint density at radius 3 is 0.679 bits per heavy atom. The van der Waals surface area contributed by atoms with Gasteiger partial charge in [-0.05, 0) is 43.4 Å². The maximum Gasteiger partial charge on any atom is 0.472 e. The van der Waals surface area contributed by atoms with Crippen molar-refractivity contribution in [3.8, 4) is 0 Å². The highest BCUT2D eigenvalue weighted by molar-refractivity contribution is 7.47. The van der Waals surface area contributed by atoms with Gasteiger partial charge in [0.25, 0.3) is 0 Å². The van der Waals surface area contributed by atoms with Crippen LogP contribution in [0.4, 0.5) is 0 Å². The van der Waals surface area contributed by atoms with E-state index in [1.807, 2.05) is 0 Å². The molecule has 0 bridgehead atoms. The molecule has 0 amide bonds. The van der Waals surface area contributed by atoms with Crippen molar-refractivity contribution >= 4 is 39.5 Å². The smallest absolute Gasteiger partial charge is 0.462 e. The summed E-state index contributed by atoms with van der Waals surface area (Å²) in [6.45, 7) is 12.1. The van der Waals surface area contributed by atoms with E-state index in [4.69, 9.17) is 37.0 Å². The first-order valence-corrected chi connectivity index (χ1v) is 50.9. The fourth-order valence-corrected chi connectivity index (χ4v) is 16.2. The zero-order valence-corrected chi connectivity index (χ0v) is 75.9. The quantitative estimate of drug-likeness (QED) is 0.0222. The number of esters is 4. The maximum atomic E-state index is 13.2. The van der Waals surface area contributed by atoms with Gasteiger partial charge in [0.1, 0.15) is 19.3 Å². The molecule has 0 aliphatic carbocycles. The molecule has 666 valence electrons. The number of aliphatic hydroxyl groups is 1. The van der Waals surface area contributed by atoms with Crippen molar-refractivity contribution in [3.63, 3.8) is 0 Å². The molecule has 0 aromatic heterocycles. The molecular formula is C93H182O17P2. The van der Waals surface area contributed by atoms with Crippen molar-refractivity contribution in [2.75, 3.05) is 39.6 Å². The number of hydrogen-bond acceptors (Lipinski definition) is 15. The van der Waals surface area contributed by atoms with Crippen molar-refractivity contribution in [1.29, 1.82) is 0 Å². The van der Waals surface area contributed by atoms with Crippen LogP contribution in [0.15, 0.2) is 0 Å². The first-order chi connectivity index (χ1) is 54.3. The third kappa shape index (κ3) is 84.5. The van der Waals surface area contributed by atoms with E-state index >= 15 is 0 Å².